The number of ether oxygens (including phenoxy) is 1. The third-order valence-electron chi connectivity index (χ3n) is 2.87. The third kappa shape index (κ3) is 5.31. The molecule has 0 fully saturated rings. The zero-order valence-corrected chi connectivity index (χ0v) is 14.4. The highest BCUT2D eigenvalue weighted by Crippen LogP contribution is 2.29. The van der Waals surface area contributed by atoms with Gasteiger partial charge in [-0.2, -0.15) is 0 Å². The lowest BCUT2D eigenvalue weighted by molar-refractivity contribution is -0.111. The van der Waals surface area contributed by atoms with Gasteiger partial charge in [0, 0.05) is 6.08 Å². The first-order chi connectivity index (χ1) is 11.0. The molecule has 5 heteroatoms. The summed E-state index contributed by atoms with van der Waals surface area (Å²) in [4.78, 5) is 12.0. The Morgan fingerprint density at radius 2 is 1.78 bits per heavy atom. The SMILES string of the molecule is CC(C)Oc1cccc(/C=C/C(=O)Nc2c(Cl)cccc2Cl)c1. The largest absolute Gasteiger partial charge is 0.491 e. The summed E-state index contributed by atoms with van der Waals surface area (Å²) in [5.74, 6) is 0.451. The first kappa shape index (κ1) is 17.4. The summed E-state index contributed by atoms with van der Waals surface area (Å²) in [6.07, 6.45) is 3.22. The molecule has 0 saturated carbocycles. The molecule has 2 aromatic rings. The van der Waals surface area contributed by atoms with Gasteiger partial charge in [-0.1, -0.05) is 41.4 Å². The standard InChI is InChI=1S/C18H17Cl2NO2/c1-12(2)23-14-6-3-5-13(11-14)9-10-17(22)21-18-15(19)7-4-8-16(18)20/h3-12H,1-2H3,(H,21,22)/b10-9+. The van der Waals surface area contributed by atoms with Gasteiger partial charge in [0.1, 0.15) is 5.75 Å². The molecule has 120 valence electrons. The van der Waals surface area contributed by atoms with Crippen LogP contribution >= 0.6 is 23.2 Å². The van der Waals surface area contributed by atoms with E-state index in [1.807, 2.05) is 38.1 Å². The maximum atomic E-state index is 12.0. The van der Waals surface area contributed by atoms with Crippen molar-refractivity contribution in [2.75, 3.05) is 5.32 Å². The Hall–Kier alpha value is -1.97. The molecule has 2 aromatic carbocycles. The Labute approximate surface area is 145 Å². The molecule has 0 saturated heterocycles. The van der Waals surface area contributed by atoms with Crippen molar-refractivity contribution in [3.63, 3.8) is 0 Å². The van der Waals surface area contributed by atoms with Gasteiger partial charge in [-0.25, -0.2) is 0 Å². The Morgan fingerprint density at radius 1 is 1.13 bits per heavy atom. The molecule has 0 aromatic heterocycles. The summed E-state index contributed by atoms with van der Waals surface area (Å²) >= 11 is 12.0. The highest BCUT2D eigenvalue weighted by Gasteiger charge is 2.07. The second-order valence-corrected chi connectivity index (χ2v) is 5.97. The number of amides is 1. The molecule has 0 bridgehead atoms. The molecule has 0 spiro atoms. The number of nitrogens with one attached hydrogen (secondary N) is 1. The van der Waals surface area contributed by atoms with E-state index in [1.54, 1.807) is 24.3 Å². The molecular formula is C18H17Cl2NO2. The lowest BCUT2D eigenvalue weighted by Crippen LogP contribution is -2.08. The van der Waals surface area contributed by atoms with Crippen molar-refractivity contribution in [1.82, 2.24) is 0 Å². The molecule has 0 aliphatic rings. The summed E-state index contributed by atoms with van der Waals surface area (Å²) in [7, 11) is 0. The van der Waals surface area contributed by atoms with Crippen molar-refractivity contribution >= 4 is 40.9 Å². The van der Waals surface area contributed by atoms with Gasteiger partial charge in [0.25, 0.3) is 0 Å². The molecule has 0 unspecified atom stereocenters. The predicted octanol–water partition coefficient (Wildman–Crippen LogP) is 5.43. The van der Waals surface area contributed by atoms with Crippen LogP contribution < -0.4 is 10.1 Å². The predicted molar refractivity (Wildman–Crippen MR) is 96.3 cm³/mol. The fourth-order valence-corrected chi connectivity index (χ4v) is 2.41. The van der Waals surface area contributed by atoms with Crippen LogP contribution in [0.1, 0.15) is 19.4 Å². The van der Waals surface area contributed by atoms with Crippen LogP contribution in [-0.4, -0.2) is 12.0 Å². The number of carbonyl (C=O) groups excluding carboxylic acids is 1. The normalized spacial score (nSPS) is 11.0. The Kier molecular flexibility index (Phi) is 6.08. The van der Waals surface area contributed by atoms with Crippen molar-refractivity contribution in [2.24, 2.45) is 0 Å². The molecule has 1 amide bonds. The Balaban J connectivity index is 2.07. The summed E-state index contributed by atoms with van der Waals surface area (Å²) in [5, 5.41) is 3.46. The van der Waals surface area contributed by atoms with Crippen LogP contribution in [0.2, 0.25) is 10.0 Å². The number of carbonyl (C=O) groups is 1. The molecule has 2 rings (SSSR count). The van der Waals surface area contributed by atoms with Gasteiger partial charge in [-0.05, 0) is 49.8 Å². The highest BCUT2D eigenvalue weighted by atomic mass is 35.5. The minimum atomic E-state index is -0.310. The van der Waals surface area contributed by atoms with Gasteiger partial charge in [-0.15, -0.1) is 0 Å². The van der Waals surface area contributed by atoms with Crippen molar-refractivity contribution in [2.45, 2.75) is 20.0 Å². The van der Waals surface area contributed by atoms with E-state index in [1.165, 1.54) is 6.08 Å². The Morgan fingerprint density at radius 3 is 2.43 bits per heavy atom. The molecule has 1 N–H and O–H groups in total. The van der Waals surface area contributed by atoms with Crippen molar-refractivity contribution in [3.05, 3.63) is 64.1 Å². The fraction of sp³-hybridized carbons (Fsp3) is 0.167. The van der Waals surface area contributed by atoms with E-state index in [-0.39, 0.29) is 12.0 Å². The smallest absolute Gasteiger partial charge is 0.248 e. The van der Waals surface area contributed by atoms with E-state index in [4.69, 9.17) is 27.9 Å². The summed E-state index contributed by atoms with van der Waals surface area (Å²) in [5.41, 5.74) is 1.27. The third-order valence-corrected chi connectivity index (χ3v) is 3.50. The van der Waals surface area contributed by atoms with Gasteiger partial charge >= 0.3 is 0 Å². The van der Waals surface area contributed by atoms with Crippen LogP contribution in [0.15, 0.2) is 48.5 Å². The molecule has 23 heavy (non-hydrogen) atoms. The number of para-hydroxylation sites is 1. The number of anilines is 1. The van der Waals surface area contributed by atoms with Crippen molar-refractivity contribution in [1.29, 1.82) is 0 Å². The van der Waals surface area contributed by atoms with Gasteiger partial charge in [0.15, 0.2) is 0 Å². The molecular weight excluding hydrogens is 333 g/mol. The van der Waals surface area contributed by atoms with E-state index in [0.717, 1.165) is 11.3 Å². The van der Waals surface area contributed by atoms with Crippen LogP contribution in [0.4, 0.5) is 5.69 Å². The van der Waals surface area contributed by atoms with Gasteiger partial charge in [-0.3, -0.25) is 4.79 Å². The molecule has 0 heterocycles. The van der Waals surface area contributed by atoms with Crippen LogP contribution in [0.3, 0.4) is 0 Å². The van der Waals surface area contributed by atoms with Gasteiger partial charge < -0.3 is 10.1 Å². The topological polar surface area (TPSA) is 38.3 Å². The lowest BCUT2D eigenvalue weighted by atomic mass is 10.2. The van der Waals surface area contributed by atoms with E-state index in [9.17, 15) is 4.79 Å². The zero-order chi connectivity index (χ0) is 16.8. The van der Waals surface area contributed by atoms with Crippen molar-refractivity contribution in [3.8, 4) is 5.75 Å². The molecule has 3 nitrogen and oxygen atoms in total. The number of benzene rings is 2. The van der Waals surface area contributed by atoms with Crippen LogP contribution in [0, 0.1) is 0 Å². The summed E-state index contributed by atoms with van der Waals surface area (Å²) < 4.78 is 5.62. The monoisotopic (exact) mass is 349 g/mol. The fourth-order valence-electron chi connectivity index (χ4n) is 1.92. The molecule has 0 atom stereocenters. The van der Waals surface area contributed by atoms with E-state index in [2.05, 4.69) is 5.32 Å². The molecule has 0 aliphatic heterocycles. The second-order valence-electron chi connectivity index (χ2n) is 5.16. The molecule has 0 aliphatic carbocycles. The first-order valence-corrected chi connectivity index (χ1v) is 7.91. The minimum Gasteiger partial charge on any atom is -0.491 e. The van der Waals surface area contributed by atoms with E-state index < -0.39 is 0 Å². The van der Waals surface area contributed by atoms with Crippen LogP contribution in [-0.2, 0) is 4.79 Å². The maximum Gasteiger partial charge on any atom is 0.248 e. The van der Waals surface area contributed by atoms with Gasteiger partial charge in [0.2, 0.25) is 5.91 Å². The van der Waals surface area contributed by atoms with E-state index >= 15 is 0 Å². The number of hydrogen-bond donors (Lipinski definition) is 1. The Bertz CT molecular complexity index is 706. The second kappa shape index (κ2) is 8.04. The first-order valence-electron chi connectivity index (χ1n) is 7.15. The zero-order valence-electron chi connectivity index (χ0n) is 12.8. The minimum absolute atomic E-state index is 0.0971. The summed E-state index contributed by atoms with van der Waals surface area (Å²) in [6, 6.07) is 12.6. The van der Waals surface area contributed by atoms with Crippen LogP contribution in [0.5, 0.6) is 5.75 Å². The molecule has 0 radical (unpaired) electrons. The maximum absolute atomic E-state index is 12.0. The van der Waals surface area contributed by atoms with Gasteiger partial charge in [0.05, 0.1) is 21.8 Å². The quantitative estimate of drug-likeness (QED) is 0.730. The van der Waals surface area contributed by atoms with E-state index in [0.29, 0.717) is 15.7 Å². The van der Waals surface area contributed by atoms with Crippen LogP contribution in [0.25, 0.3) is 6.08 Å². The lowest BCUT2D eigenvalue weighted by Gasteiger charge is -2.09. The number of hydrogen-bond acceptors (Lipinski definition) is 2. The highest BCUT2D eigenvalue weighted by molar-refractivity contribution is 6.39. The number of halogens is 2. The van der Waals surface area contributed by atoms with Crippen molar-refractivity contribution < 1.29 is 9.53 Å². The summed E-state index contributed by atoms with van der Waals surface area (Å²) in [6.45, 7) is 3.92. The average Bonchev–Trinajstić information content (AvgIpc) is 2.49. The number of rotatable bonds is 5. The average molecular weight is 350 g/mol.